The van der Waals surface area contributed by atoms with E-state index in [1.54, 1.807) is 4.57 Å². The summed E-state index contributed by atoms with van der Waals surface area (Å²) in [4.78, 5) is 13.3. The summed E-state index contributed by atoms with van der Waals surface area (Å²) in [7, 11) is 0. The maximum Gasteiger partial charge on any atom is 0.178 e. The SMILES string of the molecule is O=CCn1c2c([nH]c1=S)COC2. The molecule has 4 nitrogen and oxygen atoms in total. The molecule has 1 aromatic rings. The van der Waals surface area contributed by atoms with Crippen molar-refractivity contribution in [1.29, 1.82) is 0 Å². The van der Waals surface area contributed by atoms with Gasteiger partial charge < -0.3 is 19.1 Å². The lowest BCUT2D eigenvalue weighted by atomic mass is 10.4. The lowest BCUT2D eigenvalue weighted by molar-refractivity contribution is -0.108. The molecule has 0 saturated heterocycles. The van der Waals surface area contributed by atoms with Crippen molar-refractivity contribution in [2.45, 2.75) is 19.8 Å². The molecule has 1 aliphatic heterocycles. The van der Waals surface area contributed by atoms with Gasteiger partial charge >= 0.3 is 0 Å². The molecule has 0 atom stereocenters. The molecule has 0 radical (unpaired) electrons. The third kappa shape index (κ3) is 1.02. The second kappa shape index (κ2) is 2.84. The van der Waals surface area contributed by atoms with Gasteiger partial charge in [-0.3, -0.25) is 0 Å². The Morgan fingerprint density at radius 2 is 2.50 bits per heavy atom. The maximum atomic E-state index is 10.3. The number of imidazole rings is 1. The summed E-state index contributed by atoms with van der Waals surface area (Å²) in [6.45, 7) is 1.44. The highest BCUT2D eigenvalue weighted by molar-refractivity contribution is 7.71. The molecule has 5 heteroatoms. The van der Waals surface area contributed by atoms with Gasteiger partial charge in [0.25, 0.3) is 0 Å². The third-order valence-corrected chi connectivity index (χ3v) is 2.24. The number of nitrogens with zero attached hydrogens (tertiary/aromatic N) is 1. The second-order valence-corrected chi connectivity index (χ2v) is 3.01. The van der Waals surface area contributed by atoms with Gasteiger partial charge in [-0.15, -0.1) is 0 Å². The smallest absolute Gasteiger partial charge is 0.178 e. The molecule has 0 unspecified atom stereocenters. The van der Waals surface area contributed by atoms with Gasteiger partial charge in [-0.1, -0.05) is 0 Å². The van der Waals surface area contributed by atoms with Gasteiger partial charge in [0.2, 0.25) is 0 Å². The van der Waals surface area contributed by atoms with Crippen LogP contribution in [0.2, 0.25) is 0 Å². The molecule has 1 aliphatic rings. The van der Waals surface area contributed by atoms with Crippen molar-refractivity contribution in [2.24, 2.45) is 0 Å². The fourth-order valence-electron chi connectivity index (χ4n) is 1.36. The Kier molecular flexibility index (Phi) is 1.82. The van der Waals surface area contributed by atoms with E-state index in [2.05, 4.69) is 4.98 Å². The number of hydrogen-bond donors (Lipinski definition) is 1. The first-order valence-electron chi connectivity index (χ1n) is 3.65. The van der Waals surface area contributed by atoms with Crippen molar-refractivity contribution < 1.29 is 9.53 Å². The lowest BCUT2D eigenvalue weighted by Crippen LogP contribution is -2.03. The number of fused-ring (bicyclic) bond motifs is 1. The molecule has 0 saturated carbocycles. The van der Waals surface area contributed by atoms with Gasteiger partial charge in [-0.2, -0.15) is 0 Å². The van der Waals surface area contributed by atoms with Crippen LogP contribution in [0.5, 0.6) is 0 Å². The van der Waals surface area contributed by atoms with Gasteiger partial charge in [-0.25, -0.2) is 0 Å². The number of carbonyl (C=O) groups is 1. The Labute approximate surface area is 74.2 Å². The number of aromatic amines is 1. The molecule has 0 amide bonds. The molecule has 0 aromatic carbocycles. The van der Waals surface area contributed by atoms with Gasteiger partial charge in [-0.05, 0) is 12.2 Å². The molecule has 1 aromatic heterocycles. The number of rotatable bonds is 2. The van der Waals surface area contributed by atoms with E-state index in [0.717, 1.165) is 17.7 Å². The molecule has 2 rings (SSSR count). The fourth-order valence-corrected chi connectivity index (χ4v) is 1.66. The fraction of sp³-hybridized carbons (Fsp3) is 0.429. The molecular weight excluding hydrogens is 176 g/mol. The first-order valence-corrected chi connectivity index (χ1v) is 4.05. The summed E-state index contributed by atoms with van der Waals surface area (Å²) in [6.07, 6.45) is 0.836. The second-order valence-electron chi connectivity index (χ2n) is 2.63. The number of carbonyl (C=O) groups excluding carboxylic acids is 1. The summed E-state index contributed by atoms with van der Waals surface area (Å²) in [5.74, 6) is 0. The Hall–Kier alpha value is -0.940. The van der Waals surface area contributed by atoms with Crippen LogP contribution >= 0.6 is 12.2 Å². The van der Waals surface area contributed by atoms with Crippen LogP contribution in [0, 0.1) is 4.77 Å². The minimum atomic E-state index is 0.314. The molecular formula is C7H8N2O2S. The van der Waals surface area contributed by atoms with E-state index >= 15 is 0 Å². The average molecular weight is 184 g/mol. The van der Waals surface area contributed by atoms with E-state index in [-0.39, 0.29) is 0 Å². The molecule has 64 valence electrons. The van der Waals surface area contributed by atoms with Crippen molar-refractivity contribution >= 4 is 18.5 Å². The van der Waals surface area contributed by atoms with Gasteiger partial charge in [0, 0.05) is 0 Å². The Bertz CT molecular complexity index is 366. The maximum absolute atomic E-state index is 10.3. The zero-order chi connectivity index (χ0) is 8.55. The van der Waals surface area contributed by atoms with Crippen molar-refractivity contribution in [3.05, 3.63) is 16.2 Å². The number of H-pyrrole nitrogens is 1. The minimum Gasteiger partial charge on any atom is -0.369 e. The quantitative estimate of drug-likeness (QED) is 0.545. The largest absolute Gasteiger partial charge is 0.369 e. The zero-order valence-electron chi connectivity index (χ0n) is 6.37. The molecule has 0 spiro atoms. The summed E-state index contributed by atoms with van der Waals surface area (Å²) in [6, 6.07) is 0. The standard InChI is InChI=1S/C7H8N2O2S/c10-2-1-9-6-4-11-3-5(6)8-7(9)12/h2H,1,3-4H2,(H,8,12). The number of aromatic nitrogens is 2. The normalized spacial score (nSPS) is 14.7. The predicted octanol–water partition coefficient (Wildman–Crippen LogP) is 0.775. The zero-order valence-corrected chi connectivity index (χ0v) is 7.19. The van der Waals surface area contributed by atoms with Crippen LogP contribution in [0.1, 0.15) is 11.4 Å². The van der Waals surface area contributed by atoms with E-state index in [1.807, 2.05) is 0 Å². The summed E-state index contributed by atoms with van der Waals surface area (Å²) >= 11 is 5.02. The van der Waals surface area contributed by atoms with Crippen LogP contribution in [0.3, 0.4) is 0 Å². The Balaban J connectivity index is 2.51. The minimum absolute atomic E-state index is 0.314. The van der Waals surface area contributed by atoms with Crippen LogP contribution < -0.4 is 0 Å². The summed E-state index contributed by atoms with van der Waals surface area (Å²) in [5, 5.41) is 0. The first kappa shape index (κ1) is 7.70. The van der Waals surface area contributed by atoms with E-state index < -0.39 is 0 Å². The van der Waals surface area contributed by atoms with Gasteiger partial charge in [0.1, 0.15) is 6.29 Å². The molecule has 1 N–H and O–H groups in total. The highest BCUT2D eigenvalue weighted by Crippen LogP contribution is 2.18. The predicted molar refractivity (Wildman–Crippen MR) is 44.2 cm³/mol. The number of aldehydes is 1. The van der Waals surface area contributed by atoms with Crippen LogP contribution in [-0.4, -0.2) is 15.8 Å². The lowest BCUT2D eigenvalue weighted by Gasteiger charge is -1.98. The van der Waals surface area contributed by atoms with Gasteiger partial charge in [0.05, 0.1) is 31.1 Å². The van der Waals surface area contributed by atoms with Crippen molar-refractivity contribution in [2.75, 3.05) is 0 Å². The van der Waals surface area contributed by atoms with Crippen LogP contribution in [0.25, 0.3) is 0 Å². The van der Waals surface area contributed by atoms with Crippen molar-refractivity contribution in [3.8, 4) is 0 Å². The van der Waals surface area contributed by atoms with E-state index in [9.17, 15) is 4.79 Å². The van der Waals surface area contributed by atoms with Crippen molar-refractivity contribution in [1.82, 2.24) is 9.55 Å². The molecule has 12 heavy (non-hydrogen) atoms. The van der Waals surface area contributed by atoms with E-state index in [4.69, 9.17) is 17.0 Å². The monoisotopic (exact) mass is 184 g/mol. The van der Waals surface area contributed by atoms with Crippen LogP contribution in [-0.2, 0) is 29.3 Å². The van der Waals surface area contributed by atoms with Gasteiger partial charge in [0.15, 0.2) is 4.77 Å². The first-order chi connectivity index (χ1) is 5.83. The molecule has 0 bridgehead atoms. The molecule has 0 fully saturated rings. The van der Waals surface area contributed by atoms with E-state index in [0.29, 0.717) is 24.5 Å². The average Bonchev–Trinajstić information content (AvgIpc) is 2.56. The number of nitrogens with one attached hydrogen (secondary N) is 1. The number of ether oxygens (including phenoxy) is 1. The molecule has 2 heterocycles. The topological polar surface area (TPSA) is 47.0 Å². The van der Waals surface area contributed by atoms with E-state index in [1.165, 1.54) is 0 Å². The summed E-state index contributed by atoms with van der Waals surface area (Å²) < 4.78 is 7.56. The van der Waals surface area contributed by atoms with Crippen LogP contribution in [0.4, 0.5) is 0 Å². The molecule has 0 aliphatic carbocycles. The highest BCUT2D eigenvalue weighted by Gasteiger charge is 2.17. The third-order valence-electron chi connectivity index (χ3n) is 1.92. The van der Waals surface area contributed by atoms with Crippen LogP contribution in [0.15, 0.2) is 0 Å². The highest BCUT2D eigenvalue weighted by atomic mass is 32.1. The Morgan fingerprint density at radius 3 is 3.25 bits per heavy atom. The van der Waals surface area contributed by atoms with Crippen molar-refractivity contribution in [3.63, 3.8) is 0 Å². The Morgan fingerprint density at radius 1 is 1.67 bits per heavy atom. The number of hydrogen-bond acceptors (Lipinski definition) is 3. The summed E-state index contributed by atoms with van der Waals surface area (Å²) in [5.41, 5.74) is 2.01.